The fourth-order valence-corrected chi connectivity index (χ4v) is 3.89. The van der Waals surface area contributed by atoms with Gasteiger partial charge in [0.25, 0.3) is 5.92 Å². The number of alkyl halides is 2. The van der Waals surface area contributed by atoms with Crippen molar-refractivity contribution in [1.29, 1.82) is 0 Å². The summed E-state index contributed by atoms with van der Waals surface area (Å²) in [5.41, 5.74) is 4.05. The molecule has 0 aliphatic rings. The van der Waals surface area contributed by atoms with Crippen LogP contribution in [0.3, 0.4) is 0 Å². The zero-order chi connectivity index (χ0) is 35.0. The number of allylic oxidation sites excluding steroid dienone is 1. The fraction of sp³-hybridized carbons (Fsp3) is 0.447. The van der Waals surface area contributed by atoms with Crippen LogP contribution in [0.1, 0.15) is 102 Å². The van der Waals surface area contributed by atoms with E-state index in [-0.39, 0.29) is 5.56 Å². The second-order valence-electron chi connectivity index (χ2n) is 10.0. The van der Waals surface area contributed by atoms with Crippen molar-refractivity contribution in [2.75, 3.05) is 25.0 Å². The van der Waals surface area contributed by atoms with Gasteiger partial charge in [0.2, 0.25) is 0 Å². The molecule has 0 saturated heterocycles. The molecule has 0 aliphatic heterocycles. The van der Waals surface area contributed by atoms with Gasteiger partial charge in [0.1, 0.15) is 5.82 Å². The van der Waals surface area contributed by atoms with Crippen molar-refractivity contribution in [2.24, 2.45) is 5.92 Å². The van der Waals surface area contributed by atoms with E-state index in [1.165, 1.54) is 43.0 Å². The highest BCUT2D eigenvalue weighted by Crippen LogP contribution is 2.30. The number of carbonyl (C=O) groups excluding carboxylic acids is 1. The first-order valence-corrected chi connectivity index (χ1v) is 15.4. The van der Waals surface area contributed by atoms with E-state index < -0.39 is 23.1 Å². The van der Waals surface area contributed by atoms with Crippen LogP contribution in [0.4, 0.5) is 18.9 Å². The van der Waals surface area contributed by atoms with Crippen molar-refractivity contribution in [1.82, 2.24) is 4.90 Å². The third kappa shape index (κ3) is 16.9. The number of aryl methyl sites for hydroxylation is 1. The van der Waals surface area contributed by atoms with Crippen LogP contribution in [0.25, 0.3) is 5.70 Å². The molecule has 0 N–H and O–H groups in total. The minimum Gasteiger partial charge on any atom is -0.375 e. The Labute approximate surface area is 267 Å². The molecule has 2 aromatic carbocycles. The molecule has 0 saturated carbocycles. The van der Waals surface area contributed by atoms with Crippen LogP contribution in [0.2, 0.25) is 0 Å². The van der Waals surface area contributed by atoms with Crippen molar-refractivity contribution in [3.05, 3.63) is 110 Å². The molecule has 2 aromatic rings. The van der Waals surface area contributed by atoms with Crippen LogP contribution in [0.15, 0.2) is 81.6 Å². The lowest BCUT2D eigenvalue weighted by molar-refractivity contribution is 0.0171. The fourth-order valence-electron chi connectivity index (χ4n) is 3.89. The highest BCUT2D eigenvalue weighted by molar-refractivity contribution is 5.94. The first-order valence-electron chi connectivity index (χ1n) is 15.4. The van der Waals surface area contributed by atoms with Crippen molar-refractivity contribution >= 4 is 17.2 Å². The Hall–Kier alpha value is -3.54. The van der Waals surface area contributed by atoms with E-state index in [1.54, 1.807) is 0 Å². The monoisotopic (exact) mass is 616 g/mol. The third-order valence-corrected chi connectivity index (χ3v) is 6.47. The van der Waals surface area contributed by atoms with Gasteiger partial charge in [-0.15, -0.1) is 19.7 Å². The summed E-state index contributed by atoms with van der Waals surface area (Å²) in [5, 5.41) is 0. The number of Topliss-reactive ketones (excluding diaryl/α,β-unsaturated/α-hetero) is 1. The van der Waals surface area contributed by atoms with E-state index in [2.05, 4.69) is 103 Å². The predicted molar refractivity (Wildman–Crippen MR) is 189 cm³/mol. The molecule has 0 aromatic heterocycles. The van der Waals surface area contributed by atoms with Gasteiger partial charge in [0, 0.05) is 49.6 Å². The van der Waals surface area contributed by atoms with E-state index >= 15 is 0 Å². The van der Waals surface area contributed by atoms with Gasteiger partial charge in [-0.2, -0.15) is 0 Å². The molecule has 0 bridgehead atoms. The number of nitrogens with zero attached hydrogens (tertiary/aromatic N) is 2. The van der Waals surface area contributed by atoms with Crippen molar-refractivity contribution in [2.45, 2.75) is 87.5 Å². The summed E-state index contributed by atoms with van der Waals surface area (Å²) in [6.45, 7) is 36.3. The van der Waals surface area contributed by atoms with Gasteiger partial charge < -0.3 is 9.80 Å². The summed E-state index contributed by atoms with van der Waals surface area (Å²) in [4.78, 5) is 15.1. The zero-order valence-corrected chi connectivity index (χ0v) is 29.2. The van der Waals surface area contributed by atoms with Crippen LogP contribution in [0.5, 0.6) is 0 Å². The molecule has 44 heavy (non-hydrogen) atoms. The van der Waals surface area contributed by atoms with Crippen LogP contribution in [-0.4, -0.2) is 30.8 Å². The minimum atomic E-state index is -3.09. The van der Waals surface area contributed by atoms with Crippen LogP contribution in [-0.2, 0) is 5.92 Å². The van der Waals surface area contributed by atoms with E-state index in [1.807, 2.05) is 26.1 Å². The molecule has 0 fully saturated rings. The Morgan fingerprint density at radius 1 is 1.00 bits per heavy atom. The molecule has 6 heteroatoms. The van der Waals surface area contributed by atoms with E-state index in [9.17, 15) is 18.0 Å². The van der Waals surface area contributed by atoms with Gasteiger partial charge in [-0.3, -0.25) is 4.79 Å². The minimum absolute atomic E-state index is 0.169. The smallest absolute Gasteiger partial charge is 0.270 e. The number of hydrogen-bond donors (Lipinski definition) is 0. The highest BCUT2D eigenvalue weighted by atomic mass is 19.3. The summed E-state index contributed by atoms with van der Waals surface area (Å²) in [5.74, 6) is -3.63. The van der Waals surface area contributed by atoms with E-state index in [4.69, 9.17) is 0 Å². The molecule has 3 nitrogen and oxygen atoms in total. The average Bonchev–Trinajstić information content (AvgIpc) is 3.00. The molecule has 1 unspecified atom stereocenters. The van der Waals surface area contributed by atoms with Crippen molar-refractivity contribution in [3.63, 3.8) is 0 Å². The Kier molecular flexibility index (Phi) is 25.4. The van der Waals surface area contributed by atoms with Gasteiger partial charge in [0.05, 0.1) is 5.56 Å². The first-order chi connectivity index (χ1) is 20.7. The molecule has 0 aliphatic carbocycles. The molecule has 2 rings (SSSR count). The summed E-state index contributed by atoms with van der Waals surface area (Å²) >= 11 is 0. The molecule has 0 spiro atoms. The van der Waals surface area contributed by atoms with Gasteiger partial charge in [-0.05, 0) is 70.5 Å². The van der Waals surface area contributed by atoms with Gasteiger partial charge in [-0.25, -0.2) is 13.2 Å². The topological polar surface area (TPSA) is 23.6 Å². The number of ketones is 1. The first kappa shape index (κ1) is 44.9. The normalized spacial score (nSPS) is 10.4. The zero-order valence-electron chi connectivity index (χ0n) is 29.2. The highest BCUT2D eigenvalue weighted by Gasteiger charge is 2.25. The van der Waals surface area contributed by atoms with Gasteiger partial charge in [0.15, 0.2) is 5.78 Å². The van der Waals surface area contributed by atoms with Crippen molar-refractivity contribution in [3.8, 4) is 0 Å². The third-order valence-electron chi connectivity index (χ3n) is 6.47. The van der Waals surface area contributed by atoms with Crippen LogP contribution >= 0.6 is 0 Å². The number of carbonyl (C=O) groups is 1. The summed E-state index contributed by atoms with van der Waals surface area (Å²) in [6, 6.07) is 9.28. The Morgan fingerprint density at radius 2 is 1.57 bits per heavy atom. The molecule has 0 heterocycles. The number of anilines is 1. The lowest BCUT2D eigenvalue weighted by Gasteiger charge is -2.27. The summed E-state index contributed by atoms with van der Waals surface area (Å²) in [7, 11) is 2.07. The number of benzene rings is 2. The SMILES string of the molecule is C=C.C=CCC(C)CCC.C=CN(CC)c1ccc(C)cc1C(=C)N(C)CC.CC.CC(=O)c1ccc(C(C)(F)F)cc1F. The maximum absolute atomic E-state index is 13.1. The predicted octanol–water partition coefficient (Wildman–Crippen LogP) is 11.9. The van der Waals surface area contributed by atoms with Gasteiger partial charge >= 0.3 is 0 Å². The maximum atomic E-state index is 13.1. The Morgan fingerprint density at radius 3 is 1.95 bits per heavy atom. The molecular formula is C38H59F3N2O. The Bertz CT molecular complexity index is 1120. The van der Waals surface area contributed by atoms with Crippen LogP contribution < -0.4 is 4.90 Å². The average molecular weight is 617 g/mol. The second-order valence-corrected chi connectivity index (χ2v) is 10.0. The lowest BCUT2D eigenvalue weighted by atomic mass is 10.0. The molecule has 0 radical (unpaired) electrons. The summed E-state index contributed by atoms with van der Waals surface area (Å²) in [6.07, 6.45) is 7.68. The number of rotatable bonds is 12. The van der Waals surface area contributed by atoms with Gasteiger partial charge in [-0.1, -0.05) is 77.5 Å². The molecule has 248 valence electrons. The lowest BCUT2D eigenvalue weighted by Crippen LogP contribution is -2.20. The standard InChI is InChI=1S/C16H24N2.C10H9F3O.C8H16.C2H6.C2H4/c1-7-17(6)14(5)15-12-13(4)10-11-16(15)18(8-2)9-3;1-6(14)8-4-3-7(5-9(8)11)10(2,12)13;1-4-6-8(3)7-5-2;2*1-2/h8,10-12H,2,5,7,9H2,1,3-4,6H3;3-5H,1-2H3;4,8H,1,5-7H2,2-3H3;1-2H3;1-2H2. The van der Waals surface area contributed by atoms with E-state index in [0.29, 0.717) is 13.0 Å². The number of hydrogen-bond acceptors (Lipinski definition) is 3. The molecule has 0 amide bonds. The van der Waals surface area contributed by atoms with E-state index in [0.717, 1.165) is 36.8 Å². The molecular weight excluding hydrogens is 557 g/mol. The maximum Gasteiger partial charge on any atom is 0.270 e. The van der Waals surface area contributed by atoms with Crippen molar-refractivity contribution < 1.29 is 18.0 Å². The van der Waals surface area contributed by atoms with Crippen LogP contribution in [0, 0.1) is 18.7 Å². The number of halogens is 3. The largest absolute Gasteiger partial charge is 0.375 e. The molecule has 1 atom stereocenters. The second kappa shape index (κ2) is 24.9. The Balaban J connectivity index is -0.000000574. The quantitative estimate of drug-likeness (QED) is 0.175. The summed E-state index contributed by atoms with van der Waals surface area (Å²) < 4.78 is 38.5.